The summed E-state index contributed by atoms with van der Waals surface area (Å²) in [6.45, 7) is 5.76. The van der Waals surface area contributed by atoms with Crippen LogP contribution < -0.4 is 0 Å². The molecule has 2 aliphatic rings. The summed E-state index contributed by atoms with van der Waals surface area (Å²) in [6.07, 6.45) is 1.54. The quantitative estimate of drug-likeness (QED) is 0.843. The lowest BCUT2D eigenvalue weighted by Crippen LogP contribution is -2.41. The van der Waals surface area contributed by atoms with E-state index in [-0.39, 0.29) is 17.1 Å². The van der Waals surface area contributed by atoms with Crippen molar-refractivity contribution in [3.63, 3.8) is 0 Å². The molecule has 0 saturated carbocycles. The van der Waals surface area contributed by atoms with E-state index in [1.807, 2.05) is 24.3 Å². The first-order valence-electron chi connectivity index (χ1n) is 7.60. The monoisotopic (exact) mass is 320 g/mol. The fraction of sp³-hybridized carbons (Fsp3) is 0.500. The van der Waals surface area contributed by atoms with Gasteiger partial charge in [-0.15, -0.1) is 0 Å². The molecule has 0 aromatic heterocycles. The average Bonchev–Trinajstić information content (AvgIpc) is 2.34. The van der Waals surface area contributed by atoms with E-state index in [0.29, 0.717) is 35.6 Å². The molecule has 0 spiro atoms. The molecule has 0 saturated heterocycles. The van der Waals surface area contributed by atoms with Gasteiger partial charge in [-0.3, -0.25) is 4.79 Å². The minimum atomic E-state index is -1.26. The highest BCUT2D eigenvalue weighted by Gasteiger charge is 2.45. The van der Waals surface area contributed by atoms with Gasteiger partial charge >= 0.3 is 0 Å². The molecule has 2 atom stereocenters. The van der Waals surface area contributed by atoms with Gasteiger partial charge in [0.25, 0.3) is 0 Å². The van der Waals surface area contributed by atoms with Gasteiger partial charge in [0.2, 0.25) is 5.79 Å². The topological polar surface area (TPSA) is 46.5 Å². The number of Topliss-reactive ketones (excluding diaryl/α,β-unsaturated/α-hetero) is 1. The Bertz CT molecular complexity index is 654. The van der Waals surface area contributed by atoms with E-state index in [0.717, 1.165) is 5.56 Å². The molecular weight excluding hydrogens is 300 g/mol. The molecule has 3 nitrogen and oxygen atoms in total. The van der Waals surface area contributed by atoms with Crippen LogP contribution in [0, 0.1) is 5.41 Å². The summed E-state index contributed by atoms with van der Waals surface area (Å²) in [4.78, 5) is 12.7. The highest BCUT2D eigenvalue weighted by molar-refractivity contribution is 6.30. The molecule has 1 aliphatic heterocycles. The standard InChI is InChI=1S/C18H21ClO3/c1-17(2)9-14(20)16-13(11-5-4-6-12(19)7-11)8-18(3,21)22-15(16)10-17/h4-7,13,21H,8-10H2,1-3H3/t13-,18?/m1/s1. The minimum Gasteiger partial charge on any atom is -0.467 e. The van der Waals surface area contributed by atoms with Crippen LogP contribution in [0.5, 0.6) is 0 Å². The van der Waals surface area contributed by atoms with Crippen LogP contribution in [-0.4, -0.2) is 16.7 Å². The Morgan fingerprint density at radius 3 is 2.68 bits per heavy atom. The van der Waals surface area contributed by atoms with Gasteiger partial charge in [0.1, 0.15) is 5.76 Å². The van der Waals surface area contributed by atoms with Gasteiger partial charge < -0.3 is 9.84 Å². The Kier molecular flexibility index (Phi) is 3.61. The Morgan fingerprint density at radius 2 is 2.00 bits per heavy atom. The molecule has 4 heteroatoms. The number of benzene rings is 1. The van der Waals surface area contributed by atoms with E-state index in [9.17, 15) is 9.90 Å². The van der Waals surface area contributed by atoms with E-state index in [1.165, 1.54) is 0 Å². The van der Waals surface area contributed by atoms with E-state index in [1.54, 1.807) is 6.92 Å². The number of rotatable bonds is 1. The van der Waals surface area contributed by atoms with Crippen molar-refractivity contribution in [2.24, 2.45) is 5.41 Å². The molecular formula is C18H21ClO3. The van der Waals surface area contributed by atoms with E-state index in [4.69, 9.17) is 16.3 Å². The lowest BCUT2D eigenvalue weighted by molar-refractivity contribution is -0.184. The first-order chi connectivity index (χ1) is 10.2. The first-order valence-corrected chi connectivity index (χ1v) is 7.98. The Hall–Kier alpha value is -1.32. The SMILES string of the molecule is CC1(C)CC(=O)C2=C(C1)OC(C)(O)C[C@@H]2c1cccc(Cl)c1. The van der Waals surface area contributed by atoms with Gasteiger partial charge in [0.15, 0.2) is 5.78 Å². The van der Waals surface area contributed by atoms with Crippen molar-refractivity contribution in [1.29, 1.82) is 0 Å². The van der Waals surface area contributed by atoms with Crippen molar-refractivity contribution in [3.05, 3.63) is 46.2 Å². The first kappa shape index (κ1) is 15.6. The van der Waals surface area contributed by atoms with E-state index >= 15 is 0 Å². The minimum absolute atomic E-state index is 0.117. The predicted octanol–water partition coefficient (Wildman–Crippen LogP) is 4.20. The zero-order valence-corrected chi connectivity index (χ0v) is 13.9. The number of ether oxygens (including phenoxy) is 1. The smallest absolute Gasteiger partial charge is 0.205 e. The second kappa shape index (κ2) is 5.10. The summed E-state index contributed by atoms with van der Waals surface area (Å²) < 4.78 is 5.75. The lowest BCUT2D eigenvalue weighted by atomic mass is 9.70. The summed E-state index contributed by atoms with van der Waals surface area (Å²) in [6, 6.07) is 7.50. The summed E-state index contributed by atoms with van der Waals surface area (Å²) in [5.41, 5.74) is 1.53. The third kappa shape index (κ3) is 2.92. The molecule has 118 valence electrons. The molecule has 1 unspecified atom stereocenters. The summed E-state index contributed by atoms with van der Waals surface area (Å²) in [5.74, 6) is -0.672. The zero-order valence-electron chi connectivity index (χ0n) is 13.1. The van der Waals surface area contributed by atoms with Crippen molar-refractivity contribution >= 4 is 17.4 Å². The highest BCUT2D eigenvalue weighted by atomic mass is 35.5. The van der Waals surface area contributed by atoms with Crippen LogP contribution in [0.1, 0.15) is 51.5 Å². The molecule has 1 aromatic rings. The molecule has 0 bridgehead atoms. The number of hydrogen-bond donors (Lipinski definition) is 1. The van der Waals surface area contributed by atoms with Crippen LogP contribution in [0.2, 0.25) is 5.02 Å². The van der Waals surface area contributed by atoms with Crippen molar-refractivity contribution in [1.82, 2.24) is 0 Å². The molecule has 0 fully saturated rings. The number of halogens is 1. The van der Waals surface area contributed by atoms with Crippen molar-refractivity contribution < 1.29 is 14.6 Å². The third-order valence-corrected chi connectivity index (χ3v) is 4.64. The van der Waals surface area contributed by atoms with E-state index in [2.05, 4.69) is 13.8 Å². The number of allylic oxidation sites excluding steroid dienone is 2. The van der Waals surface area contributed by atoms with Crippen LogP contribution >= 0.6 is 11.6 Å². The van der Waals surface area contributed by atoms with Gasteiger partial charge in [0, 0.05) is 42.7 Å². The maximum absolute atomic E-state index is 12.7. The molecule has 1 heterocycles. The maximum Gasteiger partial charge on any atom is 0.205 e. The van der Waals surface area contributed by atoms with Crippen molar-refractivity contribution in [3.8, 4) is 0 Å². The van der Waals surface area contributed by atoms with Gasteiger partial charge in [-0.05, 0) is 23.1 Å². The Morgan fingerprint density at radius 1 is 1.27 bits per heavy atom. The van der Waals surface area contributed by atoms with Crippen LogP contribution in [0.4, 0.5) is 0 Å². The predicted molar refractivity (Wildman–Crippen MR) is 85.6 cm³/mol. The molecule has 1 aliphatic carbocycles. The van der Waals surface area contributed by atoms with Crippen molar-refractivity contribution in [2.45, 2.75) is 51.7 Å². The van der Waals surface area contributed by atoms with Gasteiger partial charge in [-0.25, -0.2) is 0 Å². The number of aliphatic hydroxyl groups is 1. The normalized spacial score (nSPS) is 30.8. The fourth-order valence-corrected chi connectivity index (χ4v) is 3.75. The number of carbonyl (C=O) groups excluding carboxylic acids is 1. The summed E-state index contributed by atoms with van der Waals surface area (Å²) >= 11 is 6.10. The number of hydrogen-bond acceptors (Lipinski definition) is 3. The molecule has 22 heavy (non-hydrogen) atoms. The molecule has 1 aromatic carbocycles. The van der Waals surface area contributed by atoms with Crippen LogP contribution in [0.3, 0.4) is 0 Å². The van der Waals surface area contributed by atoms with Crippen LogP contribution in [-0.2, 0) is 9.53 Å². The highest BCUT2D eigenvalue weighted by Crippen LogP contribution is 2.49. The lowest BCUT2D eigenvalue weighted by Gasteiger charge is -2.43. The summed E-state index contributed by atoms with van der Waals surface area (Å²) in [7, 11) is 0. The van der Waals surface area contributed by atoms with Crippen molar-refractivity contribution in [2.75, 3.05) is 0 Å². The molecule has 1 N–H and O–H groups in total. The zero-order chi connectivity index (χ0) is 16.1. The van der Waals surface area contributed by atoms with Gasteiger partial charge in [-0.1, -0.05) is 37.6 Å². The summed E-state index contributed by atoms with van der Waals surface area (Å²) in [5, 5.41) is 11.1. The maximum atomic E-state index is 12.7. The second-order valence-electron chi connectivity index (χ2n) is 7.37. The number of ketones is 1. The van der Waals surface area contributed by atoms with Crippen LogP contribution in [0.15, 0.2) is 35.6 Å². The largest absolute Gasteiger partial charge is 0.467 e. The van der Waals surface area contributed by atoms with Gasteiger partial charge in [-0.2, -0.15) is 0 Å². The van der Waals surface area contributed by atoms with Crippen LogP contribution in [0.25, 0.3) is 0 Å². The molecule has 0 radical (unpaired) electrons. The molecule has 3 rings (SSSR count). The Balaban J connectivity index is 2.10. The second-order valence-corrected chi connectivity index (χ2v) is 7.80. The Labute approximate surface area is 135 Å². The van der Waals surface area contributed by atoms with E-state index < -0.39 is 5.79 Å². The fourth-order valence-electron chi connectivity index (χ4n) is 3.55. The third-order valence-electron chi connectivity index (χ3n) is 4.40. The van der Waals surface area contributed by atoms with Gasteiger partial charge in [0.05, 0.1) is 0 Å². The number of carbonyl (C=O) groups is 1. The average molecular weight is 321 g/mol. The molecule has 0 amide bonds.